The Bertz CT molecular complexity index is 173. The van der Waals surface area contributed by atoms with Crippen LogP contribution in [0.3, 0.4) is 0 Å². The van der Waals surface area contributed by atoms with Crippen LogP contribution in [0.4, 0.5) is 0 Å². The fourth-order valence-electron chi connectivity index (χ4n) is 1.49. The summed E-state index contributed by atoms with van der Waals surface area (Å²) in [5.41, 5.74) is 1.51. The molecule has 0 N–H and O–H groups in total. The molecule has 0 spiro atoms. The zero-order valence-electron chi connectivity index (χ0n) is 9.90. The molecule has 0 fully saturated rings. The highest BCUT2D eigenvalue weighted by atomic mass is 79.9. The van der Waals surface area contributed by atoms with Gasteiger partial charge in [-0.2, -0.15) is 0 Å². The second-order valence-electron chi connectivity index (χ2n) is 4.25. The number of hydrogen-bond acceptors (Lipinski definition) is 1. The van der Waals surface area contributed by atoms with Crippen LogP contribution in [-0.2, 0) is 4.74 Å². The van der Waals surface area contributed by atoms with E-state index >= 15 is 0 Å². The van der Waals surface area contributed by atoms with Crippen molar-refractivity contribution in [3.63, 3.8) is 0 Å². The minimum absolute atomic E-state index is 0.0451. The fraction of sp³-hybridized carbons (Fsp3) is 0.833. The lowest BCUT2D eigenvalue weighted by molar-refractivity contribution is -0.0173. The van der Waals surface area contributed by atoms with Gasteiger partial charge in [-0.1, -0.05) is 27.6 Å². The molecule has 0 aliphatic rings. The molecule has 84 valence electrons. The van der Waals surface area contributed by atoms with Crippen molar-refractivity contribution in [2.45, 2.75) is 52.6 Å². The molecule has 0 unspecified atom stereocenters. The molecule has 0 bridgehead atoms. The van der Waals surface area contributed by atoms with Gasteiger partial charge in [0.1, 0.15) is 0 Å². The normalized spacial score (nSPS) is 13.4. The minimum Gasteiger partial charge on any atom is -0.376 e. The van der Waals surface area contributed by atoms with Crippen LogP contribution < -0.4 is 0 Å². The topological polar surface area (TPSA) is 9.23 Å². The summed E-state index contributed by atoms with van der Waals surface area (Å²) >= 11 is 3.41. The van der Waals surface area contributed by atoms with Crippen LogP contribution in [-0.4, -0.2) is 17.5 Å². The average molecular weight is 263 g/mol. The van der Waals surface area contributed by atoms with Crippen LogP contribution in [0.2, 0.25) is 0 Å². The van der Waals surface area contributed by atoms with Gasteiger partial charge < -0.3 is 4.74 Å². The van der Waals surface area contributed by atoms with Gasteiger partial charge in [-0.3, -0.25) is 0 Å². The molecule has 0 atom stereocenters. The fourth-order valence-corrected chi connectivity index (χ4v) is 2.04. The van der Waals surface area contributed by atoms with Crippen LogP contribution in [0.15, 0.2) is 11.6 Å². The average Bonchev–Trinajstić information content (AvgIpc) is 2.03. The predicted molar refractivity (Wildman–Crippen MR) is 67.1 cm³/mol. The molecule has 0 saturated heterocycles. The van der Waals surface area contributed by atoms with Crippen molar-refractivity contribution in [3.8, 4) is 0 Å². The van der Waals surface area contributed by atoms with Crippen molar-refractivity contribution in [2.24, 2.45) is 0 Å². The molecule has 0 aliphatic heterocycles. The highest BCUT2D eigenvalue weighted by Gasteiger charge is 2.16. The first kappa shape index (κ1) is 14.2. The van der Waals surface area contributed by atoms with Crippen LogP contribution in [0, 0.1) is 0 Å². The number of hydrogen-bond donors (Lipinski definition) is 0. The molecule has 0 aromatic rings. The van der Waals surface area contributed by atoms with E-state index in [9.17, 15) is 0 Å². The molecular weight excluding hydrogens is 240 g/mol. The predicted octanol–water partition coefficient (Wildman–Crippen LogP) is 4.31. The third-order valence-corrected chi connectivity index (χ3v) is 2.63. The standard InChI is InChI=1S/C12H23BrO/c1-5-14-12(3,4)9-6-7-11(2)8-10-13/h8H,5-7,9-10H2,1-4H3/b11-8+. The van der Waals surface area contributed by atoms with Gasteiger partial charge in [0, 0.05) is 11.9 Å². The third kappa shape index (κ3) is 7.57. The lowest BCUT2D eigenvalue weighted by atomic mass is 9.99. The minimum atomic E-state index is 0.0451. The van der Waals surface area contributed by atoms with Gasteiger partial charge in [0.25, 0.3) is 0 Å². The van der Waals surface area contributed by atoms with Crippen LogP contribution in [0.5, 0.6) is 0 Å². The quantitative estimate of drug-likeness (QED) is 0.491. The lowest BCUT2D eigenvalue weighted by Crippen LogP contribution is -2.24. The Morgan fingerprint density at radius 2 is 2.07 bits per heavy atom. The van der Waals surface area contributed by atoms with Crippen LogP contribution >= 0.6 is 15.9 Å². The van der Waals surface area contributed by atoms with Crippen molar-refractivity contribution < 1.29 is 4.74 Å². The third-order valence-electron chi connectivity index (χ3n) is 2.31. The van der Waals surface area contributed by atoms with Crippen molar-refractivity contribution >= 4 is 15.9 Å². The van der Waals surface area contributed by atoms with Gasteiger partial charge in [-0.05, 0) is 47.0 Å². The Morgan fingerprint density at radius 1 is 1.43 bits per heavy atom. The second-order valence-corrected chi connectivity index (χ2v) is 4.90. The molecule has 0 aliphatic carbocycles. The van der Waals surface area contributed by atoms with Crippen molar-refractivity contribution in [3.05, 3.63) is 11.6 Å². The Hall–Kier alpha value is 0.180. The highest BCUT2D eigenvalue weighted by Crippen LogP contribution is 2.19. The first-order chi connectivity index (χ1) is 6.52. The molecule has 0 saturated carbocycles. The maximum absolute atomic E-state index is 5.64. The van der Waals surface area contributed by atoms with Crippen molar-refractivity contribution in [1.29, 1.82) is 0 Å². The molecule has 14 heavy (non-hydrogen) atoms. The Kier molecular flexibility index (Phi) is 7.56. The number of halogens is 1. The van der Waals surface area contributed by atoms with E-state index in [0.29, 0.717) is 0 Å². The largest absolute Gasteiger partial charge is 0.376 e. The van der Waals surface area contributed by atoms with Crippen LogP contribution in [0.25, 0.3) is 0 Å². The highest BCUT2D eigenvalue weighted by molar-refractivity contribution is 9.09. The monoisotopic (exact) mass is 262 g/mol. The van der Waals surface area contributed by atoms with Gasteiger partial charge >= 0.3 is 0 Å². The summed E-state index contributed by atoms with van der Waals surface area (Å²) in [6, 6.07) is 0. The van der Waals surface area contributed by atoms with Crippen molar-refractivity contribution in [1.82, 2.24) is 0 Å². The van der Waals surface area contributed by atoms with Crippen molar-refractivity contribution in [2.75, 3.05) is 11.9 Å². The molecular formula is C12H23BrO. The maximum Gasteiger partial charge on any atom is 0.0626 e. The molecule has 0 radical (unpaired) electrons. The first-order valence-electron chi connectivity index (χ1n) is 5.37. The van der Waals surface area contributed by atoms with E-state index in [2.05, 4.69) is 49.7 Å². The summed E-state index contributed by atoms with van der Waals surface area (Å²) < 4.78 is 5.64. The maximum atomic E-state index is 5.64. The van der Waals surface area contributed by atoms with E-state index in [4.69, 9.17) is 4.74 Å². The molecule has 0 heterocycles. The smallest absolute Gasteiger partial charge is 0.0626 e. The van der Waals surface area contributed by atoms with Gasteiger partial charge in [0.2, 0.25) is 0 Å². The first-order valence-corrected chi connectivity index (χ1v) is 6.49. The van der Waals surface area contributed by atoms with Gasteiger partial charge in [0.15, 0.2) is 0 Å². The molecule has 0 rings (SSSR count). The van der Waals surface area contributed by atoms with Gasteiger partial charge in [0.05, 0.1) is 5.60 Å². The number of allylic oxidation sites excluding steroid dienone is 2. The number of rotatable bonds is 7. The van der Waals surface area contributed by atoms with Crippen LogP contribution in [0.1, 0.15) is 47.0 Å². The van der Waals surface area contributed by atoms with E-state index in [0.717, 1.165) is 18.4 Å². The van der Waals surface area contributed by atoms with E-state index < -0.39 is 0 Å². The van der Waals surface area contributed by atoms with E-state index in [1.54, 1.807) is 0 Å². The SMILES string of the molecule is CCOC(C)(C)CCC/C(C)=C/CBr. The zero-order valence-corrected chi connectivity index (χ0v) is 11.5. The van der Waals surface area contributed by atoms with Gasteiger partial charge in [-0.15, -0.1) is 0 Å². The zero-order chi connectivity index (χ0) is 11.0. The lowest BCUT2D eigenvalue weighted by Gasteiger charge is -2.24. The molecule has 1 nitrogen and oxygen atoms in total. The van der Waals surface area contributed by atoms with E-state index in [1.165, 1.54) is 18.4 Å². The summed E-state index contributed by atoms with van der Waals surface area (Å²) in [7, 11) is 0. The summed E-state index contributed by atoms with van der Waals surface area (Å²) in [6.45, 7) is 9.38. The molecule has 2 heteroatoms. The summed E-state index contributed by atoms with van der Waals surface area (Å²) in [4.78, 5) is 0. The number of alkyl halides is 1. The molecule has 0 aromatic heterocycles. The Balaban J connectivity index is 3.67. The summed E-state index contributed by atoms with van der Waals surface area (Å²) in [5.74, 6) is 0. The Labute approximate surface area is 97.0 Å². The van der Waals surface area contributed by atoms with E-state index in [1.807, 2.05) is 0 Å². The molecule has 0 amide bonds. The molecule has 0 aromatic carbocycles. The van der Waals surface area contributed by atoms with Gasteiger partial charge in [-0.25, -0.2) is 0 Å². The van der Waals surface area contributed by atoms with E-state index in [-0.39, 0.29) is 5.60 Å². The summed E-state index contributed by atoms with van der Waals surface area (Å²) in [6.07, 6.45) is 5.76. The second kappa shape index (κ2) is 7.47. The number of ether oxygens (including phenoxy) is 1. The Morgan fingerprint density at radius 3 is 2.57 bits per heavy atom. The summed E-state index contributed by atoms with van der Waals surface area (Å²) in [5, 5.41) is 0.966.